The summed E-state index contributed by atoms with van der Waals surface area (Å²) in [6.45, 7) is 5.98. The van der Waals surface area contributed by atoms with E-state index in [4.69, 9.17) is 0 Å². The highest BCUT2D eigenvalue weighted by atomic mass is 19.4. The molecule has 0 radical (unpaired) electrons. The Bertz CT molecular complexity index is 1270. The number of carbonyl (C=O) groups is 1. The minimum Gasteiger partial charge on any atom is -0.339 e. The molecule has 1 aliphatic rings. The molecule has 36 heavy (non-hydrogen) atoms. The van der Waals surface area contributed by atoms with Crippen LogP contribution in [0, 0.1) is 6.92 Å². The van der Waals surface area contributed by atoms with Gasteiger partial charge in [-0.25, -0.2) is 4.39 Å². The van der Waals surface area contributed by atoms with Crippen LogP contribution in [0.25, 0.3) is 11.9 Å². The third-order valence-electron chi connectivity index (χ3n) is 6.76. The molecule has 1 aromatic heterocycles. The van der Waals surface area contributed by atoms with Crippen molar-refractivity contribution in [1.29, 1.82) is 0 Å². The lowest BCUT2D eigenvalue weighted by molar-refractivity contribution is -0.180. The molecule has 4 nitrogen and oxygen atoms in total. The molecule has 1 amide bonds. The molecule has 0 unspecified atom stereocenters. The Labute approximate surface area is 208 Å². The first-order valence-electron chi connectivity index (χ1n) is 11.9. The van der Waals surface area contributed by atoms with E-state index in [1.54, 1.807) is 16.8 Å². The van der Waals surface area contributed by atoms with Crippen molar-refractivity contribution in [3.63, 3.8) is 0 Å². The van der Waals surface area contributed by atoms with E-state index < -0.39 is 17.4 Å². The molecule has 8 heteroatoms. The average Bonchev–Trinajstić information content (AvgIpc) is 3.49. The van der Waals surface area contributed by atoms with Gasteiger partial charge in [0.15, 0.2) is 5.83 Å². The minimum absolute atomic E-state index is 0.0193. The van der Waals surface area contributed by atoms with Gasteiger partial charge in [0.25, 0.3) is 5.91 Å². The maximum atomic E-state index is 15.0. The van der Waals surface area contributed by atoms with E-state index >= 15 is 0 Å². The second kappa shape index (κ2) is 9.91. The molecule has 2 aromatic carbocycles. The zero-order valence-corrected chi connectivity index (χ0v) is 20.6. The van der Waals surface area contributed by atoms with Crippen LogP contribution < -0.4 is 0 Å². The van der Waals surface area contributed by atoms with E-state index in [-0.39, 0.29) is 17.2 Å². The van der Waals surface area contributed by atoms with Gasteiger partial charge >= 0.3 is 6.18 Å². The van der Waals surface area contributed by atoms with Gasteiger partial charge in [-0.05, 0) is 74.6 Å². The maximum Gasteiger partial charge on any atom is 0.397 e. The molecule has 1 aliphatic heterocycles. The number of hydrogen-bond acceptors (Lipinski definition) is 2. The van der Waals surface area contributed by atoms with Crippen LogP contribution in [0.15, 0.2) is 54.6 Å². The maximum absolute atomic E-state index is 15.0. The largest absolute Gasteiger partial charge is 0.397 e. The first kappa shape index (κ1) is 25.7. The Morgan fingerprint density at radius 3 is 2.33 bits per heavy atom. The number of aromatic nitrogens is 2. The Kier molecular flexibility index (Phi) is 7.07. The van der Waals surface area contributed by atoms with Crippen LogP contribution >= 0.6 is 0 Å². The molecular formula is C28H29F4N3O. The Morgan fingerprint density at radius 2 is 1.69 bits per heavy atom. The fourth-order valence-corrected chi connectivity index (χ4v) is 4.25. The summed E-state index contributed by atoms with van der Waals surface area (Å²) in [5.41, 5.74) is 0.934. The molecule has 1 fully saturated rings. The Morgan fingerprint density at radius 1 is 1.03 bits per heavy atom. The van der Waals surface area contributed by atoms with Crippen molar-refractivity contribution in [2.24, 2.45) is 0 Å². The molecule has 2 heterocycles. The van der Waals surface area contributed by atoms with Gasteiger partial charge < -0.3 is 4.90 Å². The third kappa shape index (κ3) is 5.37. The fourth-order valence-electron chi connectivity index (χ4n) is 4.25. The van der Waals surface area contributed by atoms with Crippen LogP contribution in [-0.4, -0.2) is 39.9 Å². The Balaban J connectivity index is 1.49. The van der Waals surface area contributed by atoms with Crippen LogP contribution in [0.4, 0.5) is 17.6 Å². The number of benzene rings is 2. The number of likely N-dealkylation sites (tertiary alicyclic amines) is 1. The molecule has 1 saturated heterocycles. The molecule has 190 valence electrons. The quantitative estimate of drug-likeness (QED) is 0.351. The van der Waals surface area contributed by atoms with E-state index in [1.165, 1.54) is 30.3 Å². The van der Waals surface area contributed by atoms with Crippen molar-refractivity contribution in [1.82, 2.24) is 14.7 Å². The fraction of sp³-hybridized carbons (Fsp3) is 0.357. The van der Waals surface area contributed by atoms with Crippen molar-refractivity contribution in [3.05, 3.63) is 88.2 Å². The van der Waals surface area contributed by atoms with E-state index in [0.29, 0.717) is 17.7 Å². The lowest BCUT2D eigenvalue weighted by Gasteiger charge is -2.28. The third-order valence-corrected chi connectivity index (χ3v) is 6.76. The van der Waals surface area contributed by atoms with Gasteiger partial charge in [-0.3, -0.25) is 9.48 Å². The van der Waals surface area contributed by atoms with Crippen molar-refractivity contribution in [3.8, 4) is 0 Å². The van der Waals surface area contributed by atoms with Gasteiger partial charge in [-0.2, -0.15) is 18.3 Å². The lowest BCUT2D eigenvalue weighted by Crippen LogP contribution is -2.36. The highest BCUT2D eigenvalue weighted by Crippen LogP contribution is 2.40. The second-order valence-electron chi connectivity index (χ2n) is 9.77. The highest BCUT2D eigenvalue weighted by Gasteiger charge is 2.48. The van der Waals surface area contributed by atoms with Crippen LogP contribution in [0.2, 0.25) is 0 Å². The summed E-state index contributed by atoms with van der Waals surface area (Å²) >= 11 is 0. The number of nitrogens with zero attached hydrogens (tertiary/aromatic N) is 3. The van der Waals surface area contributed by atoms with Gasteiger partial charge in [0.2, 0.25) is 0 Å². The average molecular weight is 500 g/mol. The van der Waals surface area contributed by atoms with Crippen LogP contribution in [0.1, 0.15) is 65.1 Å². The first-order valence-corrected chi connectivity index (χ1v) is 11.9. The Hall–Kier alpha value is -3.42. The normalized spacial score (nSPS) is 15.0. The zero-order chi connectivity index (χ0) is 26.1. The summed E-state index contributed by atoms with van der Waals surface area (Å²) in [5.74, 6) is -0.566. The topological polar surface area (TPSA) is 38.1 Å². The summed E-state index contributed by atoms with van der Waals surface area (Å²) in [6.07, 6.45) is -1.09. The van der Waals surface area contributed by atoms with Gasteiger partial charge in [0.1, 0.15) is 5.69 Å². The van der Waals surface area contributed by atoms with E-state index in [2.05, 4.69) is 5.10 Å². The molecular weight excluding hydrogens is 470 g/mol. The molecule has 0 bridgehead atoms. The SMILES string of the molecule is Cc1cc(/C(F)=C/c2ccc(C(C)(C)C(F)(F)F)cc2)nn1Cc1cccc(C(=O)N2CCCC2)c1. The lowest BCUT2D eigenvalue weighted by atomic mass is 9.83. The number of halogens is 4. The summed E-state index contributed by atoms with van der Waals surface area (Å²) in [5, 5.41) is 4.37. The number of alkyl halides is 3. The van der Waals surface area contributed by atoms with Crippen LogP contribution in [0.5, 0.6) is 0 Å². The number of carbonyl (C=O) groups excluding carboxylic acids is 1. The smallest absolute Gasteiger partial charge is 0.339 e. The van der Waals surface area contributed by atoms with Gasteiger partial charge in [0.05, 0.1) is 12.0 Å². The van der Waals surface area contributed by atoms with Crippen molar-refractivity contribution < 1.29 is 22.4 Å². The predicted molar refractivity (Wildman–Crippen MR) is 132 cm³/mol. The van der Waals surface area contributed by atoms with Crippen molar-refractivity contribution in [2.75, 3.05) is 13.1 Å². The molecule has 0 saturated carbocycles. The standard InChI is InChI=1S/C28H29F4N3O/c1-19-15-25(24(29)17-20-9-11-23(12-10-20)27(2,3)28(30,31)32)33-35(19)18-21-7-6-8-22(16-21)26(36)34-13-4-5-14-34/h6-12,15-17H,4-5,13-14,18H2,1-3H3/b24-17-. The van der Waals surface area contributed by atoms with E-state index in [0.717, 1.165) is 51.0 Å². The first-order chi connectivity index (χ1) is 17.0. The zero-order valence-electron chi connectivity index (χ0n) is 20.6. The van der Waals surface area contributed by atoms with Crippen molar-refractivity contribution >= 4 is 17.8 Å². The molecule has 4 rings (SSSR count). The molecule has 0 N–H and O–H groups in total. The van der Waals surface area contributed by atoms with E-state index in [1.807, 2.05) is 30.0 Å². The van der Waals surface area contributed by atoms with Gasteiger partial charge in [0, 0.05) is 24.3 Å². The number of aryl methyl sites for hydroxylation is 1. The molecule has 0 atom stereocenters. The summed E-state index contributed by atoms with van der Waals surface area (Å²) in [6, 6.07) is 14.7. The number of rotatable bonds is 6. The van der Waals surface area contributed by atoms with Gasteiger partial charge in [-0.15, -0.1) is 0 Å². The molecule has 0 spiro atoms. The number of hydrogen-bond donors (Lipinski definition) is 0. The predicted octanol–water partition coefficient (Wildman–Crippen LogP) is 6.78. The van der Waals surface area contributed by atoms with Crippen LogP contribution in [0.3, 0.4) is 0 Å². The molecule has 3 aromatic rings. The summed E-state index contributed by atoms with van der Waals surface area (Å²) < 4.78 is 56.5. The van der Waals surface area contributed by atoms with Crippen LogP contribution in [-0.2, 0) is 12.0 Å². The van der Waals surface area contributed by atoms with Gasteiger partial charge in [-0.1, -0.05) is 36.4 Å². The summed E-state index contributed by atoms with van der Waals surface area (Å²) in [7, 11) is 0. The van der Waals surface area contributed by atoms with E-state index in [9.17, 15) is 22.4 Å². The number of amides is 1. The summed E-state index contributed by atoms with van der Waals surface area (Å²) in [4.78, 5) is 14.6. The highest BCUT2D eigenvalue weighted by molar-refractivity contribution is 5.94. The minimum atomic E-state index is -4.39. The second-order valence-corrected chi connectivity index (χ2v) is 9.77. The molecule has 0 aliphatic carbocycles. The van der Waals surface area contributed by atoms with Crippen molar-refractivity contribution in [2.45, 2.75) is 51.7 Å². The monoisotopic (exact) mass is 499 g/mol.